The number of aromatic nitrogens is 1. The van der Waals surface area contributed by atoms with Crippen LogP contribution in [0, 0.1) is 17.2 Å². The molecule has 0 bridgehead atoms. The third-order valence-electron chi connectivity index (χ3n) is 2.33. The summed E-state index contributed by atoms with van der Waals surface area (Å²) in [5, 5.41) is 11.3. The zero-order valence-corrected chi connectivity index (χ0v) is 8.23. The van der Waals surface area contributed by atoms with Gasteiger partial charge in [-0.2, -0.15) is 5.26 Å². The Morgan fingerprint density at radius 3 is 2.93 bits per heavy atom. The fourth-order valence-corrected chi connectivity index (χ4v) is 1.31. The van der Waals surface area contributed by atoms with Crippen LogP contribution in [-0.4, -0.2) is 10.9 Å². The summed E-state index contributed by atoms with van der Waals surface area (Å²) in [6.07, 6.45) is 4.36. The van der Waals surface area contributed by atoms with Crippen LogP contribution in [0.5, 0.6) is 0 Å². The zero-order valence-electron chi connectivity index (χ0n) is 8.23. The van der Waals surface area contributed by atoms with Crippen molar-refractivity contribution >= 4 is 11.7 Å². The molecule has 0 aromatic carbocycles. The van der Waals surface area contributed by atoms with Crippen molar-refractivity contribution in [1.82, 2.24) is 4.98 Å². The molecule has 1 saturated carbocycles. The minimum atomic E-state index is 0.00899. The van der Waals surface area contributed by atoms with Crippen molar-refractivity contribution in [2.75, 3.05) is 5.32 Å². The summed E-state index contributed by atoms with van der Waals surface area (Å²) in [6.45, 7) is 0. The number of carbonyl (C=O) groups excluding carboxylic acids is 1. The molecule has 1 aromatic heterocycles. The fraction of sp³-hybridized carbons (Fsp3) is 0.364. The third kappa shape index (κ3) is 2.78. The Morgan fingerprint density at radius 1 is 1.60 bits per heavy atom. The Labute approximate surface area is 87.9 Å². The van der Waals surface area contributed by atoms with Crippen LogP contribution in [0.3, 0.4) is 0 Å². The third-order valence-corrected chi connectivity index (χ3v) is 2.33. The zero-order chi connectivity index (χ0) is 10.7. The first kappa shape index (κ1) is 9.66. The van der Waals surface area contributed by atoms with Crippen molar-refractivity contribution in [2.45, 2.75) is 19.3 Å². The topological polar surface area (TPSA) is 65.8 Å². The maximum atomic E-state index is 11.4. The summed E-state index contributed by atoms with van der Waals surface area (Å²) in [4.78, 5) is 15.4. The molecule has 1 fully saturated rings. The number of nitrogens with zero attached hydrogens (tertiary/aromatic N) is 2. The average molecular weight is 201 g/mol. The van der Waals surface area contributed by atoms with E-state index in [-0.39, 0.29) is 5.91 Å². The molecule has 0 saturated heterocycles. The van der Waals surface area contributed by atoms with E-state index < -0.39 is 0 Å². The van der Waals surface area contributed by atoms with Gasteiger partial charge in [0.1, 0.15) is 11.9 Å². The molecule has 0 aliphatic heterocycles. The molecule has 1 aromatic rings. The molecule has 0 atom stereocenters. The second-order valence-corrected chi connectivity index (χ2v) is 3.74. The van der Waals surface area contributed by atoms with Crippen LogP contribution in [0.1, 0.15) is 24.8 Å². The molecule has 4 heteroatoms. The number of carbonyl (C=O) groups is 1. The SMILES string of the molecule is N#Cc1ccc(NC(=O)CC2CC2)nc1. The Bertz CT molecular complexity index is 401. The minimum absolute atomic E-state index is 0.00899. The largest absolute Gasteiger partial charge is 0.311 e. The predicted octanol–water partition coefficient (Wildman–Crippen LogP) is 1.69. The number of pyridine rings is 1. The summed E-state index contributed by atoms with van der Waals surface area (Å²) in [5.41, 5.74) is 0.496. The normalized spacial score (nSPS) is 14.3. The first-order valence-corrected chi connectivity index (χ1v) is 4.94. The smallest absolute Gasteiger partial charge is 0.225 e. The van der Waals surface area contributed by atoms with Gasteiger partial charge in [-0.15, -0.1) is 0 Å². The first-order chi connectivity index (χ1) is 7.28. The van der Waals surface area contributed by atoms with Gasteiger partial charge in [0.15, 0.2) is 0 Å². The van der Waals surface area contributed by atoms with Gasteiger partial charge >= 0.3 is 0 Å². The van der Waals surface area contributed by atoms with E-state index in [1.54, 1.807) is 12.1 Å². The molecule has 1 heterocycles. The fourth-order valence-electron chi connectivity index (χ4n) is 1.31. The van der Waals surface area contributed by atoms with Gasteiger partial charge in [-0.05, 0) is 30.9 Å². The van der Waals surface area contributed by atoms with Crippen molar-refractivity contribution < 1.29 is 4.79 Å². The average Bonchev–Trinajstić information content (AvgIpc) is 3.03. The maximum Gasteiger partial charge on any atom is 0.225 e. The Hall–Kier alpha value is -1.89. The second-order valence-electron chi connectivity index (χ2n) is 3.74. The molecule has 0 unspecified atom stereocenters. The molecule has 1 aliphatic rings. The second kappa shape index (κ2) is 4.09. The summed E-state index contributed by atoms with van der Waals surface area (Å²) < 4.78 is 0. The standard InChI is InChI=1S/C11H11N3O/c12-6-9-3-4-10(13-7-9)14-11(15)5-8-1-2-8/h3-4,7-8H,1-2,5H2,(H,13,14,15). The molecule has 0 spiro atoms. The molecule has 2 rings (SSSR count). The van der Waals surface area contributed by atoms with Crippen LogP contribution in [0.2, 0.25) is 0 Å². The first-order valence-electron chi connectivity index (χ1n) is 4.94. The summed E-state index contributed by atoms with van der Waals surface area (Å²) in [5.74, 6) is 1.10. The van der Waals surface area contributed by atoms with E-state index in [2.05, 4.69) is 10.3 Å². The number of amides is 1. The van der Waals surface area contributed by atoms with Crippen molar-refractivity contribution in [2.24, 2.45) is 5.92 Å². The van der Waals surface area contributed by atoms with E-state index in [4.69, 9.17) is 5.26 Å². The lowest BCUT2D eigenvalue weighted by molar-refractivity contribution is -0.116. The predicted molar refractivity (Wildman–Crippen MR) is 54.9 cm³/mol. The van der Waals surface area contributed by atoms with Gasteiger partial charge in [0.2, 0.25) is 5.91 Å². The summed E-state index contributed by atoms with van der Waals surface area (Å²) in [6, 6.07) is 5.26. The number of anilines is 1. The van der Waals surface area contributed by atoms with E-state index in [1.165, 1.54) is 6.20 Å². The number of hydrogen-bond donors (Lipinski definition) is 1. The number of rotatable bonds is 3. The Balaban J connectivity index is 1.92. The summed E-state index contributed by atoms with van der Waals surface area (Å²) >= 11 is 0. The number of hydrogen-bond acceptors (Lipinski definition) is 3. The molecular weight excluding hydrogens is 190 g/mol. The highest BCUT2D eigenvalue weighted by molar-refractivity contribution is 5.90. The molecular formula is C11H11N3O. The van der Waals surface area contributed by atoms with E-state index in [9.17, 15) is 4.79 Å². The van der Waals surface area contributed by atoms with E-state index >= 15 is 0 Å². The van der Waals surface area contributed by atoms with Gasteiger partial charge in [-0.1, -0.05) is 0 Å². The Kier molecular flexibility index (Phi) is 2.64. The van der Waals surface area contributed by atoms with E-state index in [1.807, 2.05) is 6.07 Å². The highest BCUT2D eigenvalue weighted by Crippen LogP contribution is 2.32. The number of nitrogens with one attached hydrogen (secondary N) is 1. The van der Waals surface area contributed by atoms with Crippen molar-refractivity contribution in [3.63, 3.8) is 0 Å². The molecule has 76 valence electrons. The lowest BCUT2D eigenvalue weighted by Crippen LogP contribution is -2.12. The van der Waals surface area contributed by atoms with Gasteiger partial charge in [-0.25, -0.2) is 4.98 Å². The van der Waals surface area contributed by atoms with Crippen LogP contribution in [0.4, 0.5) is 5.82 Å². The van der Waals surface area contributed by atoms with Crippen LogP contribution >= 0.6 is 0 Å². The quantitative estimate of drug-likeness (QED) is 0.809. The van der Waals surface area contributed by atoms with Crippen molar-refractivity contribution in [3.05, 3.63) is 23.9 Å². The molecule has 0 radical (unpaired) electrons. The van der Waals surface area contributed by atoms with Crippen molar-refractivity contribution in [1.29, 1.82) is 5.26 Å². The molecule has 1 aliphatic carbocycles. The van der Waals surface area contributed by atoms with E-state index in [0.29, 0.717) is 23.7 Å². The molecule has 4 nitrogen and oxygen atoms in total. The van der Waals surface area contributed by atoms with Gasteiger partial charge in [0.05, 0.1) is 5.56 Å². The molecule has 15 heavy (non-hydrogen) atoms. The highest BCUT2D eigenvalue weighted by Gasteiger charge is 2.24. The monoisotopic (exact) mass is 201 g/mol. The number of nitriles is 1. The highest BCUT2D eigenvalue weighted by atomic mass is 16.1. The van der Waals surface area contributed by atoms with Gasteiger partial charge in [-0.3, -0.25) is 4.79 Å². The van der Waals surface area contributed by atoms with Crippen molar-refractivity contribution in [3.8, 4) is 6.07 Å². The lowest BCUT2D eigenvalue weighted by atomic mass is 10.2. The minimum Gasteiger partial charge on any atom is -0.311 e. The summed E-state index contributed by atoms with van der Waals surface area (Å²) in [7, 11) is 0. The van der Waals surface area contributed by atoms with Crippen LogP contribution in [0.15, 0.2) is 18.3 Å². The van der Waals surface area contributed by atoms with Gasteiger partial charge in [0.25, 0.3) is 0 Å². The van der Waals surface area contributed by atoms with Crippen LogP contribution < -0.4 is 5.32 Å². The Morgan fingerprint density at radius 2 is 2.40 bits per heavy atom. The molecule has 1 N–H and O–H groups in total. The van der Waals surface area contributed by atoms with Gasteiger partial charge < -0.3 is 5.32 Å². The van der Waals surface area contributed by atoms with Gasteiger partial charge in [0, 0.05) is 12.6 Å². The van der Waals surface area contributed by atoms with Crippen LogP contribution in [0.25, 0.3) is 0 Å². The molecule has 1 amide bonds. The van der Waals surface area contributed by atoms with E-state index in [0.717, 1.165) is 12.8 Å². The lowest BCUT2D eigenvalue weighted by Gasteiger charge is -2.02. The maximum absolute atomic E-state index is 11.4. The van der Waals surface area contributed by atoms with Crippen LogP contribution in [-0.2, 0) is 4.79 Å².